The molecule has 1 aromatic carbocycles. The number of hydrogen-bond donors (Lipinski definition) is 1. The van der Waals surface area contributed by atoms with Crippen LogP contribution in [0.25, 0.3) is 11.0 Å². The molecule has 0 unspecified atom stereocenters. The molecule has 0 spiro atoms. The molecule has 7 heteroatoms. The van der Waals surface area contributed by atoms with Crippen LogP contribution in [-0.2, 0) is 15.6 Å². The summed E-state index contributed by atoms with van der Waals surface area (Å²) >= 11 is 0. The number of aromatic nitrogens is 3. The summed E-state index contributed by atoms with van der Waals surface area (Å²) in [5.74, 6) is 0.480. The zero-order valence-electron chi connectivity index (χ0n) is 11.3. The van der Waals surface area contributed by atoms with Gasteiger partial charge in [0.25, 0.3) is 0 Å². The monoisotopic (exact) mass is 303 g/mol. The van der Waals surface area contributed by atoms with Crippen LogP contribution in [0.5, 0.6) is 5.75 Å². The number of aromatic amines is 1. The van der Waals surface area contributed by atoms with Gasteiger partial charge in [0.2, 0.25) is 15.0 Å². The highest BCUT2D eigenvalue weighted by Gasteiger charge is 2.20. The van der Waals surface area contributed by atoms with E-state index in [9.17, 15) is 8.42 Å². The molecule has 0 aliphatic rings. The average molecular weight is 303 g/mol. The van der Waals surface area contributed by atoms with Gasteiger partial charge < -0.3 is 9.72 Å². The number of pyridine rings is 1. The highest BCUT2D eigenvalue weighted by Crippen LogP contribution is 2.20. The van der Waals surface area contributed by atoms with Crippen molar-refractivity contribution < 1.29 is 13.2 Å². The van der Waals surface area contributed by atoms with E-state index in [4.69, 9.17) is 4.74 Å². The molecule has 0 amide bonds. The van der Waals surface area contributed by atoms with Gasteiger partial charge in [-0.15, -0.1) is 0 Å². The molecule has 3 aromatic rings. The van der Waals surface area contributed by atoms with E-state index in [1.54, 1.807) is 43.6 Å². The number of H-pyrrole nitrogens is 1. The molecule has 0 atom stereocenters. The zero-order chi connectivity index (χ0) is 14.9. The maximum absolute atomic E-state index is 12.4. The van der Waals surface area contributed by atoms with Crippen LogP contribution >= 0.6 is 0 Å². The third-order valence-electron chi connectivity index (χ3n) is 3.05. The van der Waals surface area contributed by atoms with Gasteiger partial charge in [0.1, 0.15) is 11.3 Å². The van der Waals surface area contributed by atoms with E-state index in [2.05, 4.69) is 15.0 Å². The summed E-state index contributed by atoms with van der Waals surface area (Å²) in [6.07, 6.45) is 3.11. The molecule has 108 valence electrons. The second kappa shape index (κ2) is 5.17. The minimum Gasteiger partial charge on any atom is -0.497 e. The second-order valence-corrected chi connectivity index (χ2v) is 6.45. The summed E-state index contributed by atoms with van der Waals surface area (Å²) in [6.45, 7) is 0. The Morgan fingerprint density at radius 2 is 2.14 bits per heavy atom. The Bertz CT molecular complexity index is 854. The Morgan fingerprint density at radius 3 is 2.90 bits per heavy atom. The summed E-state index contributed by atoms with van der Waals surface area (Å²) in [7, 11) is -2.01. The smallest absolute Gasteiger partial charge is 0.226 e. The van der Waals surface area contributed by atoms with Crippen LogP contribution < -0.4 is 4.74 Å². The van der Waals surface area contributed by atoms with Gasteiger partial charge in [0, 0.05) is 6.20 Å². The number of sulfone groups is 1. The molecule has 21 heavy (non-hydrogen) atoms. The summed E-state index contributed by atoms with van der Waals surface area (Å²) in [6, 6.07) is 8.65. The largest absolute Gasteiger partial charge is 0.497 e. The van der Waals surface area contributed by atoms with Crippen molar-refractivity contribution in [3.05, 3.63) is 48.3 Å². The summed E-state index contributed by atoms with van der Waals surface area (Å²) < 4.78 is 29.9. The summed E-state index contributed by atoms with van der Waals surface area (Å²) in [5, 5.41) is -0.0479. The van der Waals surface area contributed by atoms with Gasteiger partial charge in [-0.05, 0) is 23.8 Å². The minimum atomic E-state index is -3.55. The molecule has 0 fully saturated rings. The molecule has 0 bridgehead atoms. The molecule has 0 aliphatic carbocycles. The van der Waals surface area contributed by atoms with Crippen LogP contribution in [0.3, 0.4) is 0 Å². The van der Waals surface area contributed by atoms with Gasteiger partial charge in [-0.25, -0.2) is 13.4 Å². The standard InChI is InChI=1S/C14H13N3O3S/c1-20-11-4-2-3-10(7-11)9-21(18,19)14-16-12-5-6-15-8-13(12)17-14/h2-8H,9H2,1H3,(H,16,17). The number of rotatable bonds is 4. The Labute approximate surface area is 121 Å². The first-order valence-electron chi connectivity index (χ1n) is 6.24. The van der Waals surface area contributed by atoms with Crippen molar-refractivity contribution in [3.8, 4) is 5.75 Å². The lowest BCUT2D eigenvalue weighted by atomic mass is 10.2. The number of fused-ring (bicyclic) bond motifs is 1. The van der Waals surface area contributed by atoms with Crippen molar-refractivity contribution in [1.82, 2.24) is 15.0 Å². The lowest BCUT2D eigenvalue weighted by molar-refractivity contribution is 0.414. The van der Waals surface area contributed by atoms with E-state index in [0.717, 1.165) is 0 Å². The predicted octanol–water partition coefficient (Wildman–Crippen LogP) is 1.94. The van der Waals surface area contributed by atoms with Crippen LogP contribution in [0.4, 0.5) is 0 Å². The topological polar surface area (TPSA) is 84.9 Å². The fraction of sp³-hybridized carbons (Fsp3) is 0.143. The maximum atomic E-state index is 12.4. The minimum absolute atomic E-state index is 0.0479. The van der Waals surface area contributed by atoms with E-state index in [1.165, 1.54) is 6.20 Å². The van der Waals surface area contributed by atoms with Gasteiger partial charge in [0.05, 0.1) is 24.6 Å². The SMILES string of the molecule is COc1cccc(CS(=O)(=O)c2nc3cnccc3[nH]2)c1. The highest BCUT2D eigenvalue weighted by atomic mass is 32.2. The number of nitrogens with zero attached hydrogens (tertiary/aromatic N) is 2. The molecule has 2 heterocycles. The quantitative estimate of drug-likeness (QED) is 0.796. The van der Waals surface area contributed by atoms with Crippen LogP contribution in [0.2, 0.25) is 0 Å². The number of nitrogens with one attached hydrogen (secondary N) is 1. The Morgan fingerprint density at radius 1 is 1.29 bits per heavy atom. The average Bonchev–Trinajstić information content (AvgIpc) is 2.92. The van der Waals surface area contributed by atoms with E-state index in [-0.39, 0.29) is 10.9 Å². The van der Waals surface area contributed by atoms with Crippen molar-refractivity contribution in [2.45, 2.75) is 10.9 Å². The number of methoxy groups -OCH3 is 1. The number of ether oxygens (including phenoxy) is 1. The van der Waals surface area contributed by atoms with Gasteiger partial charge in [-0.1, -0.05) is 12.1 Å². The van der Waals surface area contributed by atoms with Crippen molar-refractivity contribution in [2.75, 3.05) is 7.11 Å². The molecular weight excluding hydrogens is 290 g/mol. The van der Waals surface area contributed by atoms with Gasteiger partial charge >= 0.3 is 0 Å². The van der Waals surface area contributed by atoms with Gasteiger partial charge in [-0.2, -0.15) is 0 Å². The lowest BCUT2D eigenvalue weighted by Crippen LogP contribution is -2.07. The molecule has 6 nitrogen and oxygen atoms in total. The Hall–Kier alpha value is -2.41. The third-order valence-corrected chi connectivity index (χ3v) is 4.54. The van der Waals surface area contributed by atoms with Gasteiger partial charge in [0.15, 0.2) is 0 Å². The van der Waals surface area contributed by atoms with E-state index in [1.807, 2.05) is 0 Å². The van der Waals surface area contributed by atoms with E-state index in [0.29, 0.717) is 22.3 Å². The van der Waals surface area contributed by atoms with Crippen LogP contribution in [0.15, 0.2) is 47.9 Å². The number of imidazole rings is 1. The summed E-state index contributed by atoms with van der Waals surface area (Å²) in [5.41, 5.74) is 1.82. The van der Waals surface area contributed by atoms with Crippen molar-refractivity contribution in [1.29, 1.82) is 0 Å². The molecule has 3 rings (SSSR count). The van der Waals surface area contributed by atoms with Crippen molar-refractivity contribution in [3.63, 3.8) is 0 Å². The normalized spacial score (nSPS) is 11.7. The van der Waals surface area contributed by atoms with Crippen LogP contribution in [0, 0.1) is 0 Å². The third kappa shape index (κ3) is 2.73. The molecule has 0 radical (unpaired) electrons. The number of benzene rings is 1. The van der Waals surface area contributed by atoms with E-state index < -0.39 is 9.84 Å². The Balaban J connectivity index is 1.96. The first-order chi connectivity index (χ1) is 10.1. The van der Waals surface area contributed by atoms with Crippen LogP contribution in [0.1, 0.15) is 5.56 Å². The maximum Gasteiger partial charge on any atom is 0.226 e. The fourth-order valence-electron chi connectivity index (χ4n) is 2.03. The van der Waals surface area contributed by atoms with Gasteiger partial charge in [-0.3, -0.25) is 4.98 Å². The molecule has 0 saturated carbocycles. The van der Waals surface area contributed by atoms with E-state index >= 15 is 0 Å². The number of hydrogen-bond acceptors (Lipinski definition) is 5. The lowest BCUT2D eigenvalue weighted by Gasteiger charge is -2.04. The van der Waals surface area contributed by atoms with Crippen molar-refractivity contribution >= 4 is 20.9 Å². The second-order valence-electron chi connectivity index (χ2n) is 4.55. The molecule has 0 aliphatic heterocycles. The molecule has 1 N–H and O–H groups in total. The first kappa shape index (κ1) is 13.6. The predicted molar refractivity (Wildman–Crippen MR) is 77.8 cm³/mol. The fourth-order valence-corrected chi connectivity index (χ4v) is 3.29. The zero-order valence-corrected chi connectivity index (χ0v) is 12.1. The van der Waals surface area contributed by atoms with Crippen molar-refractivity contribution in [2.24, 2.45) is 0 Å². The highest BCUT2D eigenvalue weighted by molar-refractivity contribution is 7.90. The summed E-state index contributed by atoms with van der Waals surface area (Å²) in [4.78, 5) is 10.8. The molecule has 0 saturated heterocycles. The first-order valence-corrected chi connectivity index (χ1v) is 7.89. The Kier molecular flexibility index (Phi) is 3.34. The molecular formula is C14H13N3O3S. The molecule has 2 aromatic heterocycles. The van der Waals surface area contributed by atoms with Crippen LogP contribution in [-0.4, -0.2) is 30.5 Å².